The maximum atomic E-state index is 12.0. The molecule has 0 saturated carbocycles. The van der Waals surface area contributed by atoms with Gasteiger partial charge in [0.1, 0.15) is 0 Å². The van der Waals surface area contributed by atoms with Crippen molar-refractivity contribution in [3.05, 3.63) is 23.8 Å². The molecule has 1 rings (SSSR count). The number of carbonyl (C=O) groups excluding carboxylic acids is 1. The van der Waals surface area contributed by atoms with Crippen LogP contribution in [0, 0.1) is 6.92 Å². The van der Waals surface area contributed by atoms with Crippen LogP contribution in [0.3, 0.4) is 0 Å². The van der Waals surface area contributed by atoms with Crippen molar-refractivity contribution in [1.29, 1.82) is 0 Å². The topological polar surface area (TPSA) is 58.4 Å². The van der Waals surface area contributed by atoms with Crippen LogP contribution in [0.5, 0.6) is 0 Å². The number of nitrogens with one attached hydrogen (secondary N) is 1. The largest absolute Gasteiger partial charge is 0.399 e. The highest BCUT2D eigenvalue weighted by atomic mass is 16.1. The molecule has 0 heterocycles. The van der Waals surface area contributed by atoms with Gasteiger partial charge in [-0.05, 0) is 64.0 Å². The molecule has 1 unspecified atom stereocenters. The second kappa shape index (κ2) is 8.67. The highest BCUT2D eigenvalue weighted by Crippen LogP contribution is 2.18. The van der Waals surface area contributed by atoms with Crippen molar-refractivity contribution in [3.63, 3.8) is 0 Å². The number of nitrogens with two attached hydrogens (primary N) is 1. The Bertz CT molecular complexity index is 459. The minimum Gasteiger partial charge on any atom is -0.399 e. The van der Waals surface area contributed by atoms with Gasteiger partial charge in [-0.1, -0.05) is 13.3 Å². The zero-order chi connectivity index (χ0) is 15.8. The van der Waals surface area contributed by atoms with Gasteiger partial charge in [-0.3, -0.25) is 4.79 Å². The Morgan fingerprint density at radius 1 is 1.43 bits per heavy atom. The molecule has 21 heavy (non-hydrogen) atoms. The number of benzene rings is 1. The molecule has 0 aliphatic heterocycles. The molecule has 0 bridgehead atoms. The number of hydrogen-bond donors (Lipinski definition) is 2. The molecule has 1 aromatic rings. The molecule has 4 heteroatoms. The number of amides is 1. The Morgan fingerprint density at radius 2 is 2.14 bits per heavy atom. The first kappa shape index (κ1) is 17.5. The minimum absolute atomic E-state index is 0.0689. The van der Waals surface area contributed by atoms with E-state index in [0.29, 0.717) is 12.5 Å². The van der Waals surface area contributed by atoms with E-state index >= 15 is 0 Å². The Kier molecular flexibility index (Phi) is 7.23. The van der Waals surface area contributed by atoms with E-state index in [9.17, 15) is 4.79 Å². The van der Waals surface area contributed by atoms with Crippen molar-refractivity contribution in [2.75, 3.05) is 24.6 Å². The van der Waals surface area contributed by atoms with Gasteiger partial charge in [0.05, 0.1) is 0 Å². The molecule has 0 aliphatic rings. The molecule has 0 radical (unpaired) electrons. The summed E-state index contributed by atoms with van der Waals surface area (Å²) in [4.78, 5) is 14.3. The standard InChI is InChI=1S/C17H29N3O/c1-5-7-14(3)20(4)11-6-8-17(21)19-16-10-9-15(18)12-13(16)2/h9-10,12,14H,5-8,11,18H2,1-4H3,(H,19,21). The van der Waals surface area contributed by atoms with Gasteiger partial charge in [-0.25, -0.2) is 0 Å². The van der Waals surface area contributed by atoms with Crippen LogP contribution < -0.4 is 11.1 Å². The van der Waals surface area contributed by atoms with Crippen LogP contribution in [-0.4, -0.2) is 30.4 Å². The van der Waals surface area contributed by atoms with Crippen molar-refractivity contribution in [3.8, 4) is 0 Å². The van der Waals surface area contributed by atoms with Crippen LogP contribution in [0.4, 0.5) is 11.4 Å². The fraction of sp³-hybridized carbons (Fsp3) is 0.588. The number of nitrogens with zero attached hydrogens (tertiary/aromatic N) is 1. The summed E-state index contributed by atoms with van der Waals surface area (Å²) in [6.07, 6.45) is 3.83. The lowest BCUT2D eigenvalue weighted by atomic mass is 10.1. The summed E-state index contributed by atoms with van der Waals surface area (Å²) in [5, 5.41) is 2.95. The fourth-order valence-corrected chi connectivity index (χ4v) is 2.39. The predicted octanol–water partition coefficient (Wildman–Crippen LogP) is 3.42. The fourth-order valence-electron chi connectivity index (χ4n) is 2.39. The van der Waals surface area contributed by atoms with Gasteiger partial charge in [-0.2, -0.15) is 0 Å². The highest BCUT2D eigenvalue weighted by molar-refractivity contribution is 5.91. The van der Waals surface area contributed by atoms with E-state index in [1.807, 2.05) is 25.1 Å². The third-order valence-corrected chi connectivity index (χ3v) is 3.90. The van der Waals surface area contributed by atoms with E-state index < -0.39 is 0 Å². The maximum absolute atomic E-state index is 12.0. The van der Waals surface area contributed by atoms with Crippen molar-refractivity contribution < 1.29 is 4.79 Å². The molecule has 1 amide bonds. The van der Waals surface area contributed by atoms with Crippen LogP contribution in [0.15, 0.2) is 18.2 Å². The molecule has 0 fully saturated rings. The third kappa shape index (κ3) is 6.17. The molecule has 0 aromatic heterocycles. The maximum Gasteiger partial charge on any atom is 0.224 e. The molecule has 0 saturated heterocycles. The normalized spacial score (nSPS) is 12.4. The molecule has 3 N–H and O–H groups in total. The number of aryl methyl sites for hydroxylation is 1. The summed E-state index contributed by atoms with van der Waals surface area (Å²) in [7, 11) is 2.13. The second-order valence-electron chi connectivity index (χ2n) is 5.84. The van der Waals surface area contributed by atoms with Gasteiger partial charge in [0.25, 0.3) is 0 Å². The molecule has 0 spiro atoms. The zero-order valence-corrected chi connectivity index (χ0v) is 13.8. The Hall–Kier alpha value is -1.55. The van der Waals surface area contributed by atoms with Crippen molar-refractivity contribution in [2.45, 2.75) is 52.5 Å². The summed E-state index contributed by atoms with van der Waals surface area (Å²) >= 11 is 0. The van der Waals surface area contributed by atoms with E-state index in [1.165, 1.54) is 12.8 Å². The monoisotopic (exact) mass is 291 g/mol. The van der Waals surface area contributed by atoms with Crippen LogP contribution in [0.25, 0.3) is 0 Å². The zero-order valence-electron chi connectivity index (χ0n) is 13.8. The molecule has 118 valence electrons. The lowest BCUT2D eigenvalue weighted by Gasteiger charge is -2.24. The average Bonchev–Trinajstić information content (AvgIpc) is 2.42. The first-order chi connectivity index (χ1) is 9.93. The number of nitrogen functional groups attached to an aromatic ring is 1. The van der Waals surface area contributed by atoms with Crippen molar-refractivity contribution >= 4 is 17.3 Å². The van der Waals surface area contributed by atoms with Crippen molar-refractivity contribution in [2.24, 2.45) is 0 Å². The molecule has 1 atom stereocenters. The summed E-state index contributed by atoms with van der Waals surface area (Å²) in [5.74, 6) is 0.0689. The SMILES string of the molecule is CCCC(C)N(C)CCCC(=O)Nc1ccc(N)cc1C. The number of rotatable bonds is 8. The van der Waals surface area contributed by atoms with E-state index in [1.54, 1.807) is 0 Å². The predicted molar refractivity (Wildman–Crippen MR) is 90.5 cm³/mol. The average molecular weight is 291 g/mol. The van der Waals surface area contributed by atoms with Gasteiger partial charge in [0.2, 0.25) is 5.91 Å². The van der Waals surface area contributed by atoms with Crippen LogP contribution in [0.2, 0.25) is 0 Å². The van der Waals surface area contributed by atoms with Gasteiger partial charge in [0, 0.05) is 23.8 Å². The minimum atomic E-state index is 0.0689. The Morgan fingerprint density at radius 3 is 2.76 bits per heavy atom. The third-order valence-electron chi connectivity index (χ3n) is 3.90. The molecular weight excluding hydrogens is 262 g/mol. The quantitative estimate of drug-likeness (QED) is 0.722. The van der Waals surface area contributed by atoms with E-state index in [0.717, 1.165) is 29.9 Å². The second-order valence-corrected chi connectivity index (χ2v) is 5.84. The molecular formula is C17H29N3O. The Balaban J connectivity index is 2.34. The summed E-state index contributed by atoms with van der Waals surface area (Å²) < 4.78 is 0. The van der Waals surface area contributed by atoms with Gasteiger partial charge < -0.3 is 16.0 Å². The van der Waals surface area contributed by atoms with E-state index in [-0.39, 0.29) is 5.91 Å². The van der Waals surface area contributed by atoms with Gasteiger partial charge in [-0.15, -0.1) is 0 Å². The van der Waals surface area contributed by atoms with Crippen LogP contribution >= 0.6 is 0 Å². The van der Waals surface area contributed by atoms with Gasteiger partial charge >= 0.3 is 0 Å². The summed E-state index contributed by atoms with van der Waals surface area (Å²) in [5.41, 5.74) is 8.27. The number of hydrogen-bond acceptors (Lipinski definition) is 3. The highest BCUT2D eigenvalue weighted by Gasteiger charge is 2.09. The van der Waals surface area contributed by atoms with E-state index in [4.69, 9.17) is 5.73 Å². The summed E-state index contributed by atoms with van der Waals surface area (Å²) in [6.45, 7) is 7.34. The van der Waals surface area contributed by atoms with E-state index in [2.05, 4.69) is 31.1 Å². The first-order valence-electron chi connectivity index (χ1n) is 7.80. The van der Waals surface area contributed by atoms with Gasteiger partial charge in [0.15, 0.2) is 0 Å². The molecule has 4 nitrogen and oxygen atoms in total. The Labute approximate surface area is 128 Å². The lowest BCUT2D eigenvalue weighted by molar-refractivity contribution is -0.116. The molecule has 0 aliphatic carbocycles. The summed E-state index contributed by atoms with van der Waals surface area (Å²) in [6, 6.07) is 6.12. The number of anilines is 2. The van der Waals surface area contributed by atoms with Crippen molar-refractivity contribution in [1.82, 2.24) is 4.90 Å². The van der Waals surface area contributed by atoms with Crippen LogP contribution in [0.1, 0.15) is 45.1 Å². The smallest absolute Gasteiger partial charge is 0.224 e. The lowest BCUT2D eigenvalue weighted by Crippen LogP contribution is -2.30. The van der Waals surface area contributed by atoms with Crippen LogP contribution in [-0.2, 0) is 4.79 Å². The number of carbonyl (C=O) groups is 1. The molecule has 1 aromatic carbocycles. The first-order valence-corrected chi connectivity index (χ1v) is 7.80.